The van der Waals surface area contributed by atoms with Gasteiger partial charge in [0.15, 0.2) is 0 Å². The van der Waals surface area contributed by atoms with Crippen molar-refractivity contribution in [3.8, 4) is 0 Å². The fourth-order valence-corrected chi connectivity index (χ4v) is 2.56. The summed E-state index contributed by atoms with van der Waals surface area (Å²) in [4.78, 5) is 6.50. The molecule has 1 aromatic carbocycles. The molecule has 6 heteroatoms. The third-order valence-corrected chi connectivity index (χ3v) is 3.97. The second-order valence-corrected chi connectivity index (χ2v) is 5.55. The lowest BCUT2D eigenvalue weighted by molar-refractivity contribution is 0.277. The molecule has 5 nitrogen and oxygen atoms in total. The summed E-state index contributed by atoms with van der Waals surface area (Å²) in [5, 5.41) is 8.71. The van der Waals surface area contributed by atoms with Gasteiger partial charge in [-0.05, 0) is 19.1 Å². The summed E-state index contributed by atoms with van der Waals surface area (Å²) in [6.07, 6.45) is 1.31. The molecule has 2 rings (SSSR count). The van der Waals surface area contributed by atoms with Gasteiger partial charge in [0.1, 0.15) is 0 Å². The Morgan fingerprint density at radius 2 is 1.94 bits per heavy atom. The zero-order chi connectivity index (χ0) is 12.5. The molecule has 0 aliphatic heterocycles. The van der Waals surface area contributed by atoms with Crippen LogP contribution in [0.15, 0.2) is 40.5 Å². The number of imidazole rings is 1. The van der Waals surface area contributed by atoms with Crippen LogP contribution in [-0.2, 0) is 16.4 Å². The van der Waals surface area contributed by atoms with Crippen LogP contribution in [0.2, 0.25) is 0 Å². The minimum atomic E-state index is -3.62. The molecule has 0 bridgehead atoms. The molecule has 17 heavy (non-hydrogen) atoms. The van der Waals surface area contributed by atoms with Crippen LogP contribution in [0.1, 0.15) is 11.3 Å². The molecule has 0 unspecified atom stereocenters. The van der Waals surface area contributed by atoms with Gasteiger partial charge in [0, 0.05) is 0 Å². The summed E-state index contributed by atoms with van der Waals surface area (Å²) in [7, 11) is -3.62. The van der Waals surface area contributed by atoms with Gasteiger partial charge < -0.3 is 10.1 Å². The van der Waals surface area contributed by atoms with Gasteiger partial charge in [0.05, 0.1) is 23.4 Å². The van der Waals surface area contributed by atoms with Crippen LogP contribution >= 0.6 is 0 Å². The van der Waals surface area contributed by atoms with Crippen molar-refractivity contribution in [1.29, 1.82) is 0 Å². The zero-order valence-electron chi connectivity index (χ0n) is 9.21. The first-order valence-electron chi connectivity index (χ1n) is 5.00. The van der Waals surface area contributed by atoms with E-state index in [1.54, 1.807) is 12.1 Å². The number of aromatic nitrogens is 2. The fraction of sp³-hybridized carbons (Fsp3) is 0.182. The van der Waals surface area contributed by atoms with Crippen LogP contribution in [0.25, 0.3) is 0 Å². The second-order valence-electron chi connectivity index (χ2n) is 3.69. The molecule has 0 saturated carbocycles. The Morgan fingerprint density at radius 3 is 2.47 bits per heavy atom. The molecule has 1 aromatic heterocycles. The van der Waals surface area contributed by atoms with Crippen molar-refractivity contribution < 1.29 is 13.5 Å². The number of nitrogens with zero attached hydrogens (tertiary/aromatic N) is 1. The molecule has 0 atom stereocenters. The summed E-state index contributed by atoms with van der Waals surface area (Å²) < 4.78 is 24.2. The van der Waals surface area contributed by atoms with Gasteiger partial charge >= 0.3 is 0 Å². The molecule has 0 amide bonds. The quantitative estimate of drug-likeness (QED) is 0.855. The van der Waals surface area contributed by atoms with E-state index in [1.807, 2.05) is 6.92 Å². The van der Waals surface area contributed by atoms with Gasteiger partial charge in [0.25, 0.3) is 0 Å². The van der Waals surface area contributed by atoms with Crippen LogP contribution in [0.4, 0.5) is 0 Å². The number of nitrogens with one attached hydrogen (secondary N) is 1. The second kappa shape index (κ2) is 4.31. The number of benzene rings is 1. The van der Waals surface area contributed by atoms with E-state index in [0.717, 1.165) is 5.56 Å². The molecule has 0 radical (unpaired) electrons. The molecule has 0 fully saturated rings. The average molecular weight is 252 g/mol. The number of aromatic amines is 1. The normalized spacial score (nSPS) is 11.6. The van der Waals surface area contributed by atoms with Crippen molar-refractivity contribution in [2.75, 3.05) is 0 Å². The topological polar surface area (TPSA) is 83.1 Å². The monoisotopic (exact) mass is 252 g/mol. The lowest BCUT2D eigenvalue weighted by Crippen LogP contribution is -2.04. The van der Waals surface area contributed by atoms with Crippen molar-refractivity contribution in [3.63, 3.8) is 0 Å². The summed E-state index contributed by atoms with van der Waals surface area (Å²) in [5.41, 5.74) is 1.36. The van der Waals surface area contributed by atoms with Crippen LogP contribution < -0.4 is 0 Å². The van der Waals surface area contributed by atoms with E-state index in [0.29, 0.717) is 5.69 Å². The Kier molecular flexibility index (Phi) is 2.99. The number of aliphatic hydroxyl groups is 1. The highest BCUT2D eigenvalue weighted by Gasteiger charge is 2.20. The summed E-state index contributed by atoms with van der Waals surface area (Å²) >= 11 is 0. The lowest BCUT2D eigenvalue weighted by atomic mass is 10.2. The highest BCUT2D eigenvalue weighted by atomic mass is 32.2. The third-order valence-electron chi connectivity index (χ3n) is 2.36. The van der Waals surface area contributed by atoms with Crippen molar-refractivity contribution >= 4 is 9.84 Å². The van der Waals surface area contributed by atoms with Crippen LogP contribution in [-0.4, -0.2) is 23.5 Å². The van der Waals surface area contributed by atoms with Crippen molar-refractivity contribution in [2.24, 2.45) is 0 Å². The number of sulfone groups is 1. The van der Waals surface area contributed by atoms with Crippen LogP contribution in [0.5, 0.6) is 0 Å². The van der Waals surface area contributed by atoms with Gasteiger partial charge in [-0.25, -0.2) is 13.4 Å². The maximum absolute atomic E-state index is 12.1. The number of hydrogen-bond acceptors (Lipinski definition) is 4. The summed E-state index contributed by atoms with van der Waals surface area (Å²) in [5.74, 6) is 0. The Bertz CT molecular complexity index is 614. The minimum absolute atomic E-state index is 0.148. The lowest BCUT2D eigenvalue weighted by Gasteiger charge is -2.01. The standard InChI is InChI=1S/C11H12N2O3S/c1-8-2-4-10(5-3-8)17(15,16)11-12-6-9(7-14)13-11/h2-6,14H,7H2,1H3,(H,12,13). The van der Waals surface area contributed by atoms with Gasteiger partial charge in [0.2, 0.25) is 15.0 Å². The molecule has 1 heterocycles. The maximum atomic E-state index is 12.1. The Balaban J connectivity index is 2.46. The summed E-state index contributed by atoms with van der Waals surface area (Å²) in [6.45, 7) is 1.61. The highest BCUT2D eigenvalue weighted by Crippen LogP contribution is 2.18. The molecule has 2 N–H and O–H groups in total. The third kappa shape index (κ3) is 2.22. The Morgan fingerprint density at radius 1 is 1.29 bits per heavy atom. The van der Waals surface area contributed by atoms with E-state index in [2.05, 4.69) is 9.97 Å². The number of hydrogen-bond donors (Lipinski definition) is 2. The molecule has 0 aliphatic carbocycles. The smallest absolute Gasteiger partial charge is 0.239 e. The first kappa shape index (κ1) is 11.8. The first-order chi connectivity index (χ1) is 8.04. The van der Waals surface area contributed by atoms with E-state index >= 15 is 0 Å². The summed E-state index contributed by atoms with van der Waals surface area (Å²) in [6, 6.07) is 6.52. The van der Waals surface area contributed by atoms with E-state index in [4.69, 9.17) is 5.11 Å². The predicted octanol–water partition coefficient (Wildman–Crippen LogP) is 1.04. The van der Waals surface area contributed by atoms with Crippen LogP contribution in [0, 0.1) is 6.92 Å². The molecule has 0 saturated heterocycles. The molecular formula is C11H12N2O3S. The average Bonchev–Trinajstić information content (AvgIpc) is 2.78. The van der Waals surface area contributed by atoms with Crippen molar-refractivity contribution in [1.82, 2.24) is 9.97 Å². The molecule has 0 aliphatic rings. The van der Waals surface area contributed by atoms with Crippen molar-refractivity contribution in [2.45, 2.75) is 23.6 Å². The number of aliphatic hydroxyl groups excluding tert-OH is 1. The molecular weight excluding hydrogens is 240 g/mol. The molecule has 90 valence electrons. The van der Waals surface area contributed by atoms with E-state index in [1.165, 1.54) is 18.3 Å². The number of rotatable bonds is 3. The zero-order valence-corrected chi connectivity index (χ0v) is 10.0. The van der Waals surface area contributed by atoms with Gasteiger partial charge in [-0.15, -0.1) is 0 Å². The molecule has 0 spiro atoms. The van der Waals surface area contributed by atoms with E-state index in [9.17, 15) is 8.42 Å². The number of aryl methyl sites for hydroxylation is 1. The van der Waals surface area contributed by atoms with E-state index in [-0.39, 0.29) is 16.7 Å². The van der Waals surface area contributed by atoms with Crippen molar-refractivity contribution in [3.05, 3.63) is 41.7 Å². The molecule has 2 aromatic rings. The predicted molar refractivity (Wildman–Crippen MR) is 61.1 cm³/mol. The van der Waals surface area contributed by atoms with Crippen LogP contribution in [0.3, 0.4) is 0 Å². The van der Waals surface area contributed by atoms with Gasteiger partial charge in [-0.1, -0.05) is 17.7 Å². The Hall–Kier alpha value is -1.66. The fourth-order valence-electron chi connectivity index (χ4n) is 1.38. The van der Waals surface area contributed by atoms with Gasteiger partial charge in [-0.3, -0.25) is 0 Å². The first-order valence-corrected chi connectivity index (χ1v) is 6.49. The number of H-pyrrole nitrogens is 1. The van der Waals surface area contributed by atoms with Gasteiger partial charge in [-0.2, -0.15) is 0 Å². The SMILES string of the molecule is Cc1ccc(S(=O)(=O)c2ncc(CO)[nH]2)cc1. The highest BCUT2D eigenvalue weighted by molar-refractivity contribution is 7.91. The Labute approximate surface area is 99.1 Å². The van der Waals surface area contributed by atoms with E-state index < -0.39 is 9.84 Å². The maximum Gasteiger partial charge on any atom is 0.239 e. The largest absolute Gasteiger partial charge is 0.390 e. The minimum Gasteiger partial charge on any atom is -0.390 e.